The molecule has 1 fully saturated rings. The van der Waals surface area contributed by atoms with Crippen molar-refractivity contribution in [2.24, 2.45) is 5.92 Å². The number of carboxylic acids is 1. The quantitative estimate of drug-likeness (QED) is 0.851. The van der Waals surface area contributed by atoms with E-state index in [2.05, 4.69) is 12.1 Å². The molecular weight excluding hydrogens is 279 g/mol. The molecule has 1 aromatic rings. The molecular formula is C17H23BO4. The summed E-state index contributed by atoms with van der Waals surface area (Å²) in [7, 11) is -0.388. The van der Waals surface area contributed by atoms with E-state index in [0.29, 0.717) is 6.42 Å². The lowest BCUT2D eigenvalue weighted by atomic mass is 9.74. The fraction of sp³-hybridized carbons (Fsp3) is 0.588. The Bertz CT molecular complexity index is 593. The van der Waals surface area contributed by atoms with Gasteiger partial charge in [-0.1, -0.05) is 18.2 Å². The molecule has 1 saturated heterocycles. The number of benzene rings is 1. The zero-order valence-electron chi connectivity index (χ0n) is 13.7. The van der Waals surface area contributed by atoms with Gasteiger partial charge in [0.05, 0.1) is 17.1 Å². The van der Waals surface area contributed by atoms with Crippen LogP contribution in [0.25, 0.3) is 0 Å². The van der Waals surface area contributed by atoms with Gasteiger partial charge in [-0.3, -0.25) is 4.79 Å². The van der Waals surface area contributed by atoms with Gasteiger partial charge in [-0.2, -0.15) is 0 Å². The second-order valence-electron chi connectivity index (χ2n) is 7.39. The Labute approximate surface area is 132 Å². The van der Waals surface area contributed by atoms with E-state index >= 15 is 0 Å². The summed E-state index contributed by atoms with van der Waals surface area (Å²) in [6.45, 7) is 8.13. The summed E-state index contributed by atoms with van der Waals surface area (Å²) in [5.74, 6) is -0.979. The lowest BCUT2D eigenvalue weighted by Gasteiger charge is -2.32. The summed E-state index contributed by atoms with van der Waals surface area (Å²) < 4.78 is 12.2. The molecule has 1 heterocycles. The van der Waals surface area contributed by atoms with Crippen molar-refractivity contribution in [1.29, 1.82) is 0 Å². The molecule has 1 N–H and O–H groups in total. The second-order valence-corrected chi connectivity index (χ2v) is 7.39. The van der Waals surface area contributed by atoms with Crippen molar-refractivity contribution in [3.8, 4) is 0 Å². The first-order chi connectivity index (χ1) is 10.2. The highest BCUT2D eigenvalue weighted by Crippen LogP contribution is 2.36. The highest BCUT2D eigenvalue weighted by atomic mass is 16.7. The van der Waals surface area contributed by atoms with Crippen LogP contribution in [0.4, 0.5) is 0 Å². The standard InChI is InChI=1S/C17H23BO4/c1-16(2)17(3,4)22-18(21-16)14-8-7-11-5-6-12(15(19)20)9-13(11)10-14/h7-8,10,12H,5-6,9H2,1-4H3,(H,19,20). The summed E-state index contributed by atoms with van der Waals surface area (Å²) in [5, 5.41) is 9.23. The molecule has 1 aromatic carbocycles. The van der Waals surface area contributed by atoms with Gasteiger partial charge < -0.3 is 14.4 Å². The Kier molecular flexibility index (Phi) is 3.61. The molecule has 0 amide bonds. The average Bonchev–Trinajstić information content (AvgIpc) is 2.66. The molecule has 1 aliphatic heterocycles. The maximum absolute atomic E-state index is 11.2. The fourth-order valence-electron chi connectivity index (χ4n) is 3.11. The van der Waals surface area contributed by atoms with Gasteiger partial charge in [-0.05, 0) is 63.5 Å². The zero-order chi connectivity index (χ0) is 16.1. The van der Waals surface area contributed by atoms with Crippen LogP contribution in [0.3, 0.4) is 0 Å². The van der Waals surface area contributed by atoms with Gasteiger partial charge in [-0.15, -0.1) is 0 Å². The number of hydrogen-bond donors (Lipinski definition) is 1. The Balaban J connectivity index is 1.86. The first-order valence-electron chi connectivity index (χ1n) is 7.90. The number of fused-ring (bicyclic) bond motifs is 1. The summed E-state index contributed by atoms with van der Waals surface area (Å²) in [5.41, 5.74) is 2.61. The third-order valence-electron chi connectivity index (χ3n) is 5.33. The second kappa shape index (κ2) is 5.10. The largest absolute Gasteiger partial charge is 0.494 e. The Morgan fingerprint density at radius 3 is 2.41 bits per heavy atom. The van der Waals surface area contributed by atoms with Crippen molar-refractivity contribution >= 4 is 18.6 Å². The average molecular weight is 302 g/mol. The van der Waals surface area contributed by atoms with Gasteiger partial charge in [0, 0.05) is 0 Å². The maximum atomic E-state index is 11.2. The van der Waals surface area contributed by atoms with Crippen molar-refractivity contribution in [2.75, 3.05) is 0 Å². The van der Waals surface area contributed by atoms with Crippen LogP contribution in [0.2, 0.25) is 0 Å². The maximum Gasteiger partial charge on any atom is 0.494 e. The van der Waals surface area contributed by atoms with Crippen molar-refractivity contribution in [3.63, 3.8) is 0 Å². The highest BCUT2D eigenvalue weighted by Gasteiger charge is 2.51. The van der Waals surface area contributed by atoms with E-state index in [1.165, 1.54) is 5.56 Å². The predicted molar refractivity (Wildman–Crippen MR) is 85.3 cm³/mol. The molecule has 0 aromatic heterocycles. The van der Waals surface area contributed by atoms with Gasteiger partial charge in [0.25, 0.3) is 0 Å². The van der Waals surface area contributed by atoms with Crippen molar-refractivity contribution in [3.05, 3.63) is 29.3 Å². The smallest absolute Gasteiger partial charge is 0.481 e. The Hall–Kier alpha value is -1.33. The lowest BCUT2D eigenvalue weighted by molar-refractivity contribution is -0.142. The minimum Gasteiger partial charge on any atom is -0.481 e. The van der Waals surface area contributed by atoms with E-state index in [9.17, 15) is 9.90 Å². The van der Waals surface area contributed by atoms with E-state index < -0.39 is 5.97 Å². The van der Waals surface area contributed by atoms with Crippen LogP contribution in [-0.2, 0) is 26.9 Å². The first kappa shape index (κ1) is 15.6. The van der Waals surface area contributed by atoms with Crippen LogP contribution < -0.4 is 5.46 Å². The number of aryl methyl sites for hydroxylation is 1. The van der Waals surface area contributed by atoms with Gasteiger partial charge in [0.2, 0.25) is 0 Å². The molecule has 1 aliphatic carbocycles. The van der Waals surface area contributed by atoms with E-state index in [0.717, 1.165) is 23.9 Å². The van der Waals surface area contributed by atoms with Crippen LogP contribution in [0.15, 0.2) is 18.2 Å². The van der Waals surface area contributed by atoms with E-state index in [4.69, 9.17) is 9.31 Å². The molecule has 0 radical (unpaired) electrons. The van der Waals surface area contributed by atoms with Gasteiger partial charge in [0.1, 0.15) is 0 Å². The molecule has 0 spiro atoms. The predicted octanol–water partition coefficient (Wildman–Crippen LogP) is 2.18. The van der Waals surface area contributed by atoms with Crippen molar-refractivity contribution < 1.29 is 19.2 Å². The van der Waals surface area contributed by atoms with Crippen LogP contribution >= 0.6 is 0 Å². The minimum absolute atomic E-state index is 0.277. The van der Waals surface area contributed by atoms with Crippen LogP contribution in [0.1, 0.15) is 45.2 Å². The summed E-state index contributed by atoms with van der Waals surface area (Å²) in [6, 6.07) is 6.20. The normalized spacial score (nSPS) is 25.8. The number of aliphatic carboxylic acids is 1. The van der Waals surface area contributed by atoms with Crippen LogP contribution in [0, 0.1) is 5.92 Å². The minimum atomic E-state index is -0.702. The molecule has 5 heteroatoms. The van der Waals surface area contributed by atoms with E-state index in [1.54, 1.807) is 0 Å². The number of carboxylic acid groups (broad SMARTS) is 1. The van der Waals surface area contributed by atoms with Crippen LogP contribution in [0.5, 0.6) is 0 Å². The Morgan fingerprint density at radius 1 is 1.18 bits per heavy atom. The Morgan fingerprint density at radius 2 is 1.82 bits per heavy atom. The lowest BCUT2D eigenvalue weighted by Crippen LogP contribution is -2.41. The molecule has 4 nitrogen and oxygen atoms in total. The topological polar surface area (TPSA) is 55.8 Å². The van der Waals surface area contributed by atoms with Gasteiger partial charge in [0.15, 0.2) is 0 Å². The third-order valence-corrected chi connectivity index (χ3v) is 5.33. The molecule has 22 heavy (non-hydrogen) atoms. The van der Waals surface area contributed by atoms with E-state index in [-0.39, 0.29) is 24.2 Å². The summed E-state index contributed by atoms with van der Waals surface area (Å²) >= 11 is 0. The van der Waals surface area contributed by atoms with Gasteiger partial charge >= 0.3 is 13.1 Å². The molecule has 1 atom stereocenters. The van der Waals surface area contributed by atoms with Crippen LogP contribution in [-0.4, -0.2) is 29.4 Å². The monoisotopic (exact) mass is 302 g/mol. The number of hydrogen-bond acceptors (Lipinski definition) is 3. The molecule has 3 rings (SSSR count). The van der Waals surface area contributed by atoms with Crippen molar-refractivity contribution in [2.45, 2.75) is 58.2 Å². The first-order valence-corrected chi connectivity index (χ1v) is 7.90. The zero-order valence-corrected chi connectivity index (χ0v) is 13.7. The number of rotatable bonds is 2. The molecule has 0 saturated carbocycles. The highest BCUT2D eigenvalue weighted by molar-refractivity contribution is 6.62. The third kappa shape index (κ3) is 2.57. The van der Waals surface area contributed by atoms with Gasteiger partial charge in [-0.25, -0.2) is 0 Å². The number of carbonyl (C=O) groups is 1. The summed E-state index contributed by atoms with van der Waals surface area (Å²) in [6.07, 6.45) is 2.14. The molecule has 1 unspecified atom stereocenters. The molecule has 2 aliphatic rings. The van der Waals surface area contributed by atoms with E-state index in [1.807, 2.05) is 33.8 Å². The SMILES string of the molecule is CC1(C)OB(c2ccc3c(c2)CC(C(=O)O)CC3)OC1(C)C. The fourth-order valence-corrected chi connectivity index (χ4v) is 3.11. The van der Waals surface area contributed by atoms with Crippen molar-refractivity contribution in [1.82, 2.24) is 0 Å². The molecule has 118 valence electrons. The molecule has 0 bridgehead atoms. The summed E-state index contributed by atoms with van der Waals surface area (Å²) in [4.78, 5) is 11.2.